The van der Waals surface area contributed by atoms with Crippen LogP contribution in [0.3, 0.4) is 0 Å². The van der Waals surface area contributed by atoms with Crippen LogP contribution in [-0.4, -0.2) is 34.7 Å². The molecule has 44 heavy (non-hydrogen) atoms. The number of benzene rings is 2. The molecule has 0 bridgehead atoms. The van der Waals surface area contributed by atoms with E-state index in [1.165, 1.54) is 11.1 Å². The van der Waals surface area contributed by atoms with Crippen LogP contribution in [0.25, 0.3) is 0 Å². The van der Waals surface area contributed by atoms with Crippen molar-refractivity contribution in [3.63, 3.8) is 0 Å². The van der Waals surface area contributed by atoms with Gasteiger partial charge < -0.3 is 10.2 Å². The maximum atomic E-state index is 11.6. The molecule has 3 rings (SSSR count). The second kappa shape index (κ2) is 15.6. The van der Waals surface area contributed by atoms with Crippen LogP contribution in [0.5, 0.6) is 11.5 Å². The number of phenols is 2. The van der Waals surface area contributed by atoms with Gasteiger partial charge in [-0.2, -0.15) is 0 Å². The Morgan fingerprint density at radius 3 is 1.20 bits per heavy atom. The molecule has 0 aliphatic heterocycles. The third-order valence-corrected chi connectivity index (χ3v) is 11.4. The van der Waals surface area contributed by atoms with Crippen molar-refractivity contribution in [1.29, 1.82) is 0 Å². The Hall–Kier alpha value is -2.62. The highest BCUT2D eigenvalue weighted by Crippen LogP contribution is 2.44. The summed E-state index contributed by atoms with van der Waals surface area (Å²) < 4.78 is 0. The second-order valence-electron chi connectivity index (χ2n) is 14.0. The first-order valence-electron chi connectivity index (χ1n) is 17.8. The van der Waals surface area contributed by atoms with Gasteiger partial charge in [0.2, 0.25) is 0 Å². The molecule has 4 heteroatoms. The quantitative estimate of drug-likeness (QED) is 0.211. The summed E-state index contributed by atoms with van der Waals surface area (Å²) in [6.45, 7) is 22.3. The number of rotatable bonds is 14. The summed E-state index contributed by atoms with van der Waals surface area (Å²) in [5.74, 6) is 1.49. The van der Waals surface area contributed by atoms with Gasteiger partial charge in [-0.05, 0) is 97.3 Å². The minimum absolute atomic E-state index is 0.0362. The first-order chi connectivity index (χ1) is 21.0. The van der Waals surface area contributed by atoms with E-state index in [4.69, 9.17) is 9.98 Å². The standard InChI is InChI=1S/C40H62N2O2/c1-11-39(12-2,13-3)33-23-29(27(7)8)21-31(37(33)43)25-41-35-19-17-18-20-36(35)42-26-32-22-30(28(9)10)24-34(38(32)44)40(14-4,15-5)16-6/h21-28,35-36,43-44H,11-20H2,1-10H3. The molecule has 4 nitrogen and oxygen atoms in total. The van der Waals surface area contributed by atoms with Crippen LogP contribution in [0, 0.1) is 0 Å². The molecule has 2 N–H and O–H groups in total. The van der Waals surface area contributed by atoms with E-state index >= 15 is 0 Å². The lowest BCUT2D eigenvalue weighted by molar-refractivity contribution is 0.357. The lowest BCUT2D eigenvalue weighted by Crippen LogP contribution is -2.27. The number of hydrogen-bond acceptors (Lipinski definition) is 4. The van der Waals surface area contributed by atoms with E-state index in [0.717, 1.165) is 86.5 Å². The number of nitrogens with zero attached hydrogens (tertiary/aromatic N) is 2. The first kappa shape index (κ1) is 35.9. The Morgan fingerprint density at radius 1 is 0.614 bits per heavy atom. The summed E-state index contributed by atoms with van der Waals surface area (Å²) in [4.78, 5) is 10.2. The summed E-state index contributed by atoms with van der Waals surface area (Å²) in [6.07, 6.45) is 14.0. The monoisotopic (exact) mass is 602 g/mol. The van der Waals surface area contributed by atoms with Crippen molar-refractivity contribution in [3.05, 3.63) is 57.6 Å². The lowest BCUT2D eigenvalue weighted by Gasteiger charge is -2.33. The van der Waals surface area contributed by atoms with E-state index in [9.17, 15) is 10.2 Å². The van der Waals surface area contributed by atoms with Crippen molar-refractivity contribution < 1.29 is 10.2 Å². The molecule has 0 saturated heterocycles. The van der Waals surface area contributed by atoms with Crippen LogP contribution >= 0.6 is 0 Å². The van der Waals surface area contributed by atoms with Gasteiger partial charge in [-0.15, -0.1) is 0 Å². The summed E-state index contributed by atoms with van der Waals surface area (Å²) in [5, 5.41) is 23.2. The van der Waals surface area contributed by atoms with Gasteiger partial charge in [0.15, 0.2) is 0 Å². The van der Waals surface area contributed by atoms with Gasteiger partial charge in [0.1, 0.15) is 11.5 Å². The van der Waals surface area contributed by atoms with Crippen molar-refractivity contribution in [3.8, 4) is 11.5 Å². The van der Waals surface area contributed by atoms with Crippen LogP contribution < -0.4 is 0 Å². The van der Waals surface area contributed by atoms with E-state index in [-0.39, 0.29) is 22.9 Å². The van der Waals surface area contributed by atoms with E-state index in [1.807, 2.05) is 12.4 Å². The molecule has 2 aromatic rings. The van der Waals surface area contributed by atoms with E-state index in [0.29, 0.717) is 23.3 Å². The van der Waals surface area contributed by atoms with Crippen LogP contribution in [0.4, 0.5) is 0 Å². The third kappa shape index (κ3) is 7.43. The lowest BCUT2D eigenvalue weighted by atomic mass is 9.72. The number of aliphatic imine (C=N–C) groups is 2. The second-order valence-corrected chi connectivity index (χ2v) is 14.0. The van der Waals surface area contributed by atoms with E-state index in [1.54, 1.807) is 0 Å². The molecular weight excluding hydrogens is 540 g/mol. The van der Waals surface area contributed by atoms with E-state index < -0.39 is 0 Å². The minimum atomic E-state index is -0.0362. The Kier molecular flexibility index (Phi) is 12.7. The molecule has 0 aromatic heterocycles. The molecule has 2 aromatic carbocycles. The molecule has 2 atom stereocenters. The Labute approximate surface area is 269 Å². The molecule has 0 radical (unpaired) electrons. The van der Waals surface area contributed by atoms with Gasteiger partial charge in [0.25, 0.3) is 0 Å². The van der Waals surface area contributed by atoms with Crippen LogP contribution in [0.1, 0.15) is 179 Å². The molecule has 1 aliphatic carbocycles. The maximum Gasteiger partial charge on any atom is 0.128 e. The highest BCUT2D eigenvalue weighted by Gasteiger charge is 2.32. The third-order valence-electron chi connectivity index (χ3n) is 11.4. The van der Waals surface area contributed by atoms with Gasteiger partial charge in [-0.25, -0.2) is 0 Å². The Bertz CT molecular complexity index is 1160. The zero-order valence-corrected chi connectivity index (χ0v) is 29.6. The molecule has 1 fully saturated rings. The fraction of sp³-hybridized carbons (Fsp3) is 0.650. The summed E-state index contributed by atoms with van der Waals surface area (Å²) in [7, 11) is 0. The normalized spacial score (nSPS) is 18.4. The molecule has 0 spiro atoms. The SMILES string of the molecule is CCC(CC)(CC)c1cc(C(C)C)cc(C=NC2CCCCC2N=Cc2cc(C(C)C)cc(C(CC)(CC)CC)c2O)c1O. The molecule has 0 heterocycles. The molecule has 1 saturated carbocycles. The topological polar surface area (TPSA) is 65.2 Å². The average Bonchev–Trinajstić information content (AvgIpc) is 3.03. The van der Waals surface area contributed by atoms with Crippen LogP contribution in [-0.2, 0) is 10.8 Å². The fourth-order valence-electron chi connectivity index (χ4n) is 7.47. The fourth-order valence-corrected chi connectivity index (χ4v) is 7.47. The van der Waals surface area contributed by atoms with Crippen molar-refractivity contribution in [2.45, 2.75) is 168 Å². The summed E-state index contributed by atoms with van der Waals surface area (Å²) in [6, 6.07) is 8.82. The molecule has 2 unspecified atom stereocenters. The Morgan fingerprint density at radius 2 is 0.932 bits per heavy atom. The van der Waals surface area contributed by atoms with Crippen LogP contribution in [0.15, 0.2) is 34.3 Å². The van der Waals surface area contributed by atoms with Gasteiger partial charge in [-0.3, -0.25) is 9.98 Å². The van der Waals surface area contributed by atoms with E-state index in [2.05, 4.69) is 93.5 Å². The summed E-state index contributed by atoms with van der Waals surface area (Å²) >= 11 is 0. The van der Waals surface area contributed by atoms with Crippen molar-refractivity contribution in [2.75, 3.05) is 0 Å². The molecule has 244 valence electrons. The minimum Gasteiger partial charge on any atom is -0.507 e. The molecule has 1 aliphatic rings. The zero-order chi connectivity index (χ0) is 32.7. The zero-order valence-electron chi connectivity index (χ0n) is 29.6. The first-order valence-corrected chi connectivity index (χ1v) is 17.8. The smallest absolute Gasteiger partial charge is 0.128 e. The maximum absolute atomic E-state index is 11.6. The highest BCUT2D eigenvalue weighted by atomic mass is 16.3. The van der Waals surface area contributed by atoms with Crippen molar-refractivity contribution in [1.82, 2.24) is 0 Å². The summed E-state index contributed by atoms with van der Waals surface area (Å²) in [5.41, 5.74) is 6.19. The Balaban J connectivity index is 2.03. The molecular formula is C40H62N2O2. The number of phenolic OH excluding ortho intramolecular Hbond substituents is 2. The number of hydrogen-bond donors (Lipinski definition) is 2. The largest absolute Gasteiger partial charge is 0.507 e. The average molecular weight is 603 g/mol. The molecule has 0 amide bonds. The van der Waals surface area contributed by atoms with Gasteiger partial charge in [0.05, 0.1) is 12.1 Å². The highest BCUT2D eigenvalue weighted by molar-refractivity contribution is 5.86. The van der Waals surface area contributed by atoms with Gasteiger partial charge >= 0.3 is 0 Å². The van der Waals surface area contributed by atoms with Crippen molar-refractivity contribution in [2.24, 2.45) is 9.98 Å². The number of aromatic hydroxyl groups is 2. The van der Waals surface area contributed by atoms with Crippen molar-refractivity contribution >= 4 is 12.4 Å². The van der Waals surface area contributed by atoms with Crippen LogP contribution in [0.2, 0.25) is 0 Å². The van der Waals surface area contributed by atoms with Gasteiger partial charge in [-0.1, -0.05) is 94.2 Å². The predicted octanol–water partition coefficient (Wildman–Crippen LogP) is 11.1. The van der Waals surface area contributed by atoms with Gasteiger partial charge in [0, 0.05) is 34.7 Å². The predicted molar refractivity (Wildman–Crippen MR) is 191 cm³/mol.